The maximum absolute atomic E-state index is 12.0. The summed E-state index contributed by atoms with van der Waals surface area (Å²) in [7, 11) is 1.59. The van der Waals surface area contributed by atoms with Gasteiger partial charge in [0, 0.05) is 17.0 Å². The number of cyclic esters (lactones) is 1. The molecule has 0 aliphatic carbocycles. The summed E-state index contributed by atoms with van der Waals surface area (Å²) in [6.45, 7) is 0. The number of nitrogens with zero attached hydrogens (tertiary/aromatic N) is 1. The Labute approximate surface area is 145 Å². The lowest BCUT2D eigenvalue weighted by Crippen LogP contribution is -2.05. The number of carbonyl (C=O) groups is 1. The van der Waals surface area contributed by atoms with Gasteiger partial charge in [-0.25, -0.2) is 9.79 Å². The summed E-state index contributed by atoms with van der Waals surface area (Å²) in [6, 6.07) is 15.0. The number of para-hydroxylation sites is 1. The predicted molar refractivity (Wildman–Crippen MR) is 94.3 cm³/mol. The highest BCUT2D eigenvalue weighted by Crippen LogP contribution is 2.24. The van der Waals surface area contributed by atoms with Crippen LogP contribution in [0.4, 0.5) is 0 Å². The average molecular weight is 342 g/mol. The topological polar surface area (TPSA) is 47.9 Å². The molecule has 0 fully saturated rings. The van der Waals surface area contributed by atoms with Gasteiger partial charge in [0.15, 0.2) is 11.6 Å². The van der Waals surface area contributed by atoms with Crippen molar-refractivity contribution in [1.29, 1.82) is 0 Å². The Morgan fingerprint density at radius 1 is 1.12 bits per heavy atom. The van der Waals surface area contributed by atoms with Crippen molar-refractivity contribution < 1.29 is 14.3 Å². The van der Waals surface area contributed by atoms with E-state index in [9.17, 15) is 4.79 Å². The molecule has 0 amide bonds. The number of aliphatic imine (C=N–C) groups is 1. The van der Waals surface area contributed by atoms with E-state index in [0.717, 1.165) is 11.1 Å². The fraction of sp³-hybridized carbons (Fsp3) is 0.158. The zero-order valence-electron chi connectivity index (χ0n) is 13.2. The zero-order chi connectivity index (χ0) is 16.9. The van der Waals surface area contributed by atoms with Gasteiger partial charge >= 0.3 is 5.97 Å². The van der Waals surface area contributed by atoms with Gasteiger partial charge in [0.25, 0.3) is 0 Å². The van der Waals surface area contributed by atoms with E-state index in [-0.39, 0.29) is 5.70 Å². The Kier molecular flexibility index (Phi) is 4.96. The smallest absolute Gasteiger partial charge is 0.363 e. The minimum atomic E-state index is -0.449. The van der Waals surface area contributed by atoms with Crippen LogP contribution in [0.3, 0.4) is 0 Å². The van der Waals surface area contributed by atoms with Crippen molar-refractivity contribution >= 4 is 29.5 Å². The molecule has 4 nitrogen and oxygen atoms in total. The number of hydrogen-bond donors (Lipinski definition) is 0. The second kappa shape index (κ2) is 7.32. The zero-order valence-corrected chi connectivity index (χ0v) is 13.9. The number of hydrogen-bond acceptors (Lipinski definition) is 4. The SMILES string of the molecule is COc1ccccc1/C=C1\N=C(CCc2ccccc2Cl)OC1=O. The van der Waals surface area contributed by atoms with Crippen molar-refractivity contribution in [3.8, 4) is 5.75 Å². The molecular formula is C19H16ClNO3. The first-order chi connectivity index (χ1) is 11.7. The van der Waals surface area contributed by atoms with E-state index >= 15 is 0 Å². The third kappa shape index (κ3) is 3.66. The number of halogens is 1. The van der Waals surface area contributed by atoms with Crippen molar-refractivity contribution in [2.45, 2.75) is 12.8 Å². The summed E-state index contributed by atoms with van der Waals surface area (Å²) in [5, 5.41) is 0.701. The van der Waals surface area contributed by atoms with Gasteiger partial charge in [-0.05, 0) is 30.2 Å². The van der Waals surface area contributed by atoms with Gasteiger partial charge in [-0.15, -0.1) is 0 Å². The lowest BCUT2D eigenvalue weighted by Gasteiger charge is -2.03. The summed E-state index contributed by atoms with van der Waals surface area (Å²) in [5.74, 6) is 0.633. The molecular weight excluding hydrogens is 326 g/mol. The van der Waals surface area contributed by atoms with Gasteiger partial charge in [0.2, 0.25) is 0 Å². The first kappa shape index (κ1) is 16.3. The van der Waals surface area contributed by atoms with Crippen molar-refractivity contribution in [2.24, 2.45) is 4.99 Å². The number of carbonyl (C=O) groups excluding carboxylic acids is 1. The van der Waals surface area contributed by atoms with Crippen LogP contribution in [0.5, 0.6) is 5.75 Å². The molecule has 0 saturated carbocycles. The molecule has 2 aromatic rings. The fourth-order valence-electron chi connectivity index (χ4n) is 2.44. The van der Waals surface area contributed by atoms with Gasteiger partial charge in [0.05, 0.1) is 7.11 Å². The van der Waals surface area contributed by atoms with E-state index in [1.807, 2.05) is 48.5 Å². The summed E-state index contributed by atoms with van der Waals surface area (Å²) >= 11 is 6.13. The van der Waals surface area contributed by atoms with Crippen LogP contribution in [0.25, 0.3) is 6.08 Å². The number of benzene rings is 2. The number of methoxy groups -OCH3 is 1. The number of rotatable bonds is 5. The summed E-state index contributed by atoms with van der Waals surface area (Å²) in [5.41, 5.74) is 2.05. The molecule has 5 heteroatoms. The van der Waals surface area contributed by atoms with Crippen LogP contribution in [-0.4, -0.2) is 19.0 Å². The summed E-state index contributed by atoms with van der Waals surface area (Å²) in [6.07, 6.45) is 2.84. The first-order valence-corrected chi connectivity index (χ1v) is 7.93. The van der Waals surface area contributed by atoms with E-state index in [0.29, 0.717) is 29.5 Å². The van der Waals surface area contributed by atoms with Crippen molar-refractivity contribution in [1.82, 2.24) is 0 Å². The molecule has 0 bridgehead atoms. The maximum Gasteiger partial charge on any atom is 0.363 e. The number of esters is 1. The average Bonchev–Trinajstić information content (AvgIpc) is 2.94. The predicted octanol–water partition coefficient (Wildman–Crippen LogP) is 4.28. The van der Waals surface area contributed by atoms with Gasteiger partial charge in [-0.2, -0.15) is 0 Å². The first-order valence-electron chi connectivity index (χ1n) is 7.55. The standard InChI is InChI=1S/C19H16ClNO3/c1-23-17-9-5-3-7-14(17)12-16-19(22)24-18(21-16)11-10-13-6-2-4-8-15(13)20/h2-9,12H,10-11H2,1H3/b16-12-. The Morgan fingerprint density at radius 2 is 1.88 bits per heavy atom. The van der Waals surface area contributed by atoms with Crippen LogP contribution in [0, 0.1) is 0 Å². The monoisotopic (exact) mass is 341 g/mol. The molecule has 24 heavy (non-hydrogen) atoms. The van der Waals surface area contributed by atoms with E-state index in [1.54, 1.807) is 13.2 Å². The van der Waals surface area contributed by atoms with Gasteiger partial charge < -0.3 is 9.47 Å². The molecule has 1 heterocycles. The minimum absolute atomic E-state index is 0.272. The van der Waals surface area contributed by atoms with E-state index in [1.165, 1.54) is 0 Å². The molecule has 0 saturated heterocycles. The third-order valence-electron chi connectivity index (χ3n) is 3.66. The Hall–Kier alpha value is -2.59. The van der Waals surface area contributed by atoms with E-state index in [4.69, 9.17) is 21.1 Å². The van der Waals surface area contributed by atoms with Crippen LogP contribution < -0.4 is 4.74 Å². The molecule has 1 aliphatic rings. The van der Waals surface area contributed by atoms with Crippen LogP contribution >= 0.6 is 11.6 Å². The maximum atomic E-state index is 12.0. The molecule has 122 valence electrons. The molecule has 0 atom stereocenters. The summed E-state index contributed by atoms with van der Waals surface area (Å²) < 4.78 is 10.5. The van der Waals surface area contributed by atoms with Crippen LogP contribution in [0.2, 0.25) is 5.02 Å². The Bertz CT molecular complexity index is 827. The molecule has 0 radical (unpaired) electrons. The number of ether oxygens (including phenoxy) is 2. The molecule has 0 spiro atoms. The highest BCUT2D eigenvalue weighted by atomic mass is 35.5. The largest absolute Gasteiger partial charge is 0.496 e. The second-order valence-corrected chi connectivity index (χ2v) is 5.67. The van der Waals surface area contributed by atoms with Crippen molar-refractivity contribution in [2.75, 3.05) is 7.11 Å². The van der Waals surface area contributed by atoms with Crippen molar-refractivity contribution in [3.05, 3.63) is 70.4 Å². The Morgan fingerprint density at radius 3 is 2.67 bits per heavy atom. The van der Waals surface area contributed by atoms with Gasteiger partial charge in [-0.1, -0.05) is 48.0 Å². The molecule has 1 aliphatic heterocycles. The van der Waals surface area contributed by atoms with Crippen LogP contribution in [0.1, 0.15) is 17.5 Å². The van der Waals surface area contributed by atoms with E-state index < -0.39 is 5.97 Å². The summed E-state index contributed by atoms with van der Waals surface area (Å²) in [4.78, 5) is 16.3. The minimum Gasteiger partial charge on any atom is -0.496 e. The molecule has 0 N–H and O–H groups in total. The Balaban J connectivity index is 1.76. The highest BCUT2D eigenvalue weighted by Gasteiger charge is 2.23. The molecule has 0 aromatic heterocycles. The lowest BCUT2D eigenvalue weighted by atomic mass is 10.1. The molecule has 0 unspecified atom stereocenters. The molecule has 2 aromatic carbocycles. The highest BCUT2D eigenvalue weighted by molar-refractivity contribution is 6.31. The normalized spacial score (nSPS) is 15.3. The van der Waals surface area contributed by atoms with Gasteiger partial charge in [-0.3, -0.25) is 0 Å². The van der Waals surface area contributed by atoms with Crippen molar-refractivity contribution in [3.63, 3.8) is 0 Å². The van der Waals surface area contributed by atoms with Crippen LogP contribution in [0.15, 0.2) is 59.2 Å². The quantitative estimate of drug-likeness (QED) is 0.602. The number of aryl methyl sites for hydroxylation is 1. The molecule has 3 rings (SSSR count). The second-order valence-electron chi connectivity index (χ2n) is 5.26. The van der Waals surface area contributed by atoms with Gasteiger partial charge in [0.1, 0.15) is 5.75 Å². The lowest BCUT2D eigenvalue weighted by molar-refractivity contribution is -0.130. The third-order valence-corrected chi connectivity index (χ3v) is 4.03. The fourth-order valence-corrected chi connectivity index (χ4v) is 2.67. The van der Waals surface area contributed by atoms with Crippen LogP contribution in [-0.2, 0) is 16.0 Å². The van der Waals surface area contributed by atoms with E-state index in [2.05, 4.69) is 4.99 Å².